The summed E-state index contributed by atoms with van der Waals surface area (Å²) < 4.78 is 11.0. The topological polar surface area (TPSA) is 58.9 Å². The lowest BCUT2D eigenvalue weighted by Crippen LogP contribution is -2.18. The molecule has 0 bridgehead atoms. The molecule has 0 fully saturated rings. The summed E-state index contributed by atoms with van der Waals surface area (Å²) in [4.78, 5) is 0. The van der Waals surface area contributed by atoms with Crippen LogP contribution in [-0.4, -0.2) is 48.8 Å². The van der Waals surface area contributed by atoms with Gasteiger partial charge in [-0.25, -0.2) is 0 Å². The Morgan fingerprint density at radius 3 is 1.32 bits per heavy atom. The lowest BCUT2D eigenvalue weighted by molar-refractivity contribution is 0.0359. The molecule has 0 heterocycles. The predicted octanol–water partition coefficient (Wildman–Crippen LogP) is 4.72. The minimum Gasteiger partial charge on any atom is -0.390 e. The number of aliphatic hydroxyl groups excluding tert-OH is 2. The molecule has 0 saturated carbocycles. The van der Waals surface area contributed by atoms with E-state index in [1.165, 1.54) is 11.1 Å². The first-order chi connectivity index (χ1) is 15.1. The van der Waals surface area contributed by atoms with Crippen molar-refractivity contribution < 1.29 is 19.7 Å². The molecule has 2 aromatic carbocycles. The average molecular weight is 429 g/mol. The highest BCUT2D eigenvalue weighted by Gasteiger charge is 2.08. The van der Waals surface area contributed by atoms with Crippen LogP contribution in [0.4, 0.5) is 0 Å². The second-order valence-electron chi connectivity index (χ2n) is 8.38. The van der Waals surface area contributed by atoms with Crippen LogP contribution in [0.5, 0.6) is 0 Å². The molecule has 2 atom stereocenters. The molecular formula is C27H40O4. The van der Waals surface area contributed by atoms with E-state index >= 15 is 0 Å². The fraction of sp³-hybridized carbons (Fsp3) is 0.556. The monoisotopic (exact) mass is 428 g/mol. The summed E-state index contributed by atoms with van der Waals surface area (Å²) in [6.45, 7) is 6.49. The first-order valence-electron chi connectivity index (χ1n) is 11.8. The van der Waals surface area contributed by atoms with Gasteiger partial charge in [0.1, 0.15) is 0 Å². The van der Waals surface area contributed by atoms with Crippen LogP contribution in [0.1, 0.15) is 61.8 Å². The third-order valence-corrected chi connectivity index (χ3v) is 5.30. The molecule has 2 unspecified atom stereocenters. The Kier molecular flexibility index (Phi) is 12.5. The smallest absolute Gasteiger partial charge is 0.0813 e. The van der Waals surface area contributed by atoms with Gasteiger partial charge >= 0.3 is 0 Å². The second kappa shape index (κ2) is 15.1. The number of aliphatic hydroxyl groups is 2. The van der Waals surface area contributed by atoms with Crippen LogP contribution in [0.2, 0.25) is 0 Å². The van der Waals surface area contributed by atoms with Gasteiger partial charge in [0.05, 0.1) is 25.4 Å². The lowest BCUT2D eigenvalue weighted by atomic mass is 9.99. The van der Waals surface area contributed by atoms with E-state index in [1.807, 2.05) is 0 Å². The summed E-state index contributed by atoms with van der Waals surface area (Å²) in [5.41, 5.74) is 4.74. The van der Waals surface area contributed by atoms with Crippen molar-refractivity contribution in [3.8, 4) is 0 Å². The van der Waals surface area contributed by atoms with Crippen molar-refractivity contribution in [2.45, 2.75) is 71.0 Å². The highest BCUT2D eigenvalue weighted by Crippen LogP contribution is 2.14. The van der Waals surface area contributed by atoms with Crippen molar-refractivity contribution in [3.63, 3.8) is 0 Å². The Bertz CT molecular complexity index is 635. The van der Waals surface area contributed by atoms with E-state index in [2.05, 4.69) is 62.4 Å². The Morgan fingerprint density at radius 2 is 0.968 bits per heavy atom. The molecule has 0 aliphatic rings. The first-order valence-corrected chi connectivity index (χ1v) is 11.8. The summed E-state index contributed by atoms with van der Waals surface area (Å²) in [7, 11) is 0. The van der Waals surface area contributed by atoms with Crippen LogP contribution in [0.15, 0.2) is 48.5 Å². The van der Waals surface area contributed by atoms with E-state index in [0.29, 0.717) is 26.1 Å². The maximum Gasteiger partial charge on any atom is 0.0813 e. The highest BCUT2D eigenvalue weighted by atomic mass is 16.5. The Balaban J connectivity index is 1.74. The molecular weight excluding hydrogens is 388 g/mol. The molecule has 2 N–H and O–H groups in total. The van der Waals surface area contributed by atoms with Gasteiger partial charge in [0.15, 0.2) is 0 Å². The second-order valence-corrected chi connectivity index (χ2v) is 8.38. The Labute approximate surface area is 188 Å². The molecule has 4 heteroatoms. The molecule has 0 aliphatic carbocycles. The van der Waals surface area contributed by atoms with Crippen molar-refractivity contribution in [1.82, 2.24) is 0 Å². The zero-order valence-corrected chi connectivity index (χ0v) is 19.3. The average Bonchev–Trinajstić information content (AvgIpc) is 2.77. The van der Waals surface area contributed by atoms with Gasteiger partial charge in [0.25, 0.3) is 0 Å². The van der Waals surface area contributed by atoms with Gasteiger partial charge in [-0.15, -0.1) is 0 Å². The minimum absolute atomic E-state index is 0.396. The molecule has 0 saturated heterocycles. The maximum absolute atomic E-state index is 10.1. The molecule has 172 valence electrons. The number of hydrogen-bond acceptors (Lipinski definition) is 4. The normalized spacial score (nSPS) is 13.3. The van der Waals surface area contributed by atoms with Crippen molar-refractivity contribution in [3.05, 3.63) is 70.8 Å². The number of benzene rings is 2. The van der Waals surface area contributed by atoms with Crippen molar-refractivity contribution in [2.75, 3.05) is 26.4 Å². The minimum atomic E-state index is -0.456. The van der Waals surface area contributed by atoms with E-state index < -0.39 is 12.2 Å². The summed E-state index contributed by atoms with van der Waals surface area (Å²) in [5, 5.41) is 20.2. The van der Waals surface area contributed by atoms with Crippen LogP contribution >= 0.6 is 0 Å². The molecule has 0 amide bonds. The fourth-order valence-electron chi connectivity index (χ4n) is 3.42. The number of unbranched alkanes of at least 4 members (excludes halogenated alkanes) is 2. The molecule has 2 rings (SSSR count). The van der Waals surface area contributed by atoms with E-state index in [-0.39, 0.29) is 0 Å². The molecule has 0 aromatic heterocycles. The van der Waals surface area contributed by atoms with Crippen LogP contribution < -0.4 is 0 Å². The summed E-state index contributed by atoms with van der Waals surface area (Å²) in [5.74, 6) is 0. The van der Waals surface area contributed by atoms with E-state index in [1.54, 1.807) is 0 Å². The van der Waals surface area contributed by atoms with Crippen LogP contribution in [0, 0.1) is 0 Å². The lowest BCUT2D eigenvalue weighted by Gasteiger charge is -2.12. The van der Waals surface area contributed by atoms with Crippen LogP contribution in [0.3, 0.4) is 0 Å². The number of rotatable bonds is 16. The van der Waals surface area contributed by atoms with Crippen LogP contribution in [0.25, 0.3) is 0 Å². The van der Waals surface area contributed by atoms with Gasteiger partial charge in [-0.05, 0) is 41.5 Å². The van der Waals surface area contributed by atoms with Crippen molar-refractivity contribution in [2.24, 2.45) is 0 Å². The van der Waals surface area contributed by atoms with Gasteiger partial charge in [0, 0.05) is 26.1 Å². The number of hydrogen-bond donors (Lipinski definition) is 2. The zero-order valence-electron chi connectivity index (χ0n) is 19.3. The largest absolute Gasteiger partial charge is 0.390 e. The summed E-state index contributed by atoms with van der Waals surface area (Å²) in [6, 6.07) is 16.9. The van der Waals surface area contributed by atoms with Gasteiger partial charge < -0.3 is 19.7 Å². The molecule has 2 aromatic rings. The Hall–Kier alpha value is -1.72. The molecule has 0 spiro atoms. The third kappa shape index (κ3) is 10.9. The molecule has 0 radical (unpaired) electrons. The zero-order chi connectivity index (χ0) is 22.3. The van der Waals surface area contributed by atoms with Gasteiger partial charge in [-0.2, -0.15) is 0 Å². The first kappa shape index (κ1) is 25.5. The molecule has 0 aliphatic heterocycles. The SMILES string of the molecule is CCCCOCC(O)Cc1ccc(Cc2ccc(CC(O)COCCCC)cc2)cc1. The van der Waals surface area contributed by atoms with Crippen LogP contribution in [-0.2, 0) is 28.7 Å². The Morgan fingerprint density at radius 1 is 0.613 bits per heavy atom. The van der Waals surface area contributed by atoms with E-state index in [9.17, 15) is 10.2 Å². The highest BCUT2D eigenvalue weighted by molar-refractivity contribution is 5.31. The van der Waals surface area contributed by atoms with E-state index in [4.69, 9.17) is 9.47 Å². The standard InChI is InChI=1S/C27H40O4/c1-3-5-15-30-20-26(28)18-24-11-7-22(8-12-24)17-23-9-13-25(14-10-23)19-27(29)21-31-16-6-4-2/h7-14,26-29H,3-6,15-21H2,1-2H3. The van der Waals surface area contributed by atoms with Gasteiger partial charge in [0.2, 0.25) is 0 Å². The third-order valence-electron chi connectivity index (χ3n) is 5.30. The maximum atomic E-state index is 10.1. The van der Waals surface area contributed by atoms with Crippen molar-refractivity contribution >= 4 is 0 Å². The quantitative estimate of drug-likeness (QED) is 0.380. The molecule has 31 heavy (non-hydrogen) atoms. The van der Waals surface area contributed by atoms with Gasteiger partial charge in [-0.3, -0.25) is 0 Å². The summed E-state index contributed by atoms with van der Waals surface area (Å²) in [6.07, 6.45) is 5.48. The van der Waals surface area contributed by atoms with Crippen molar-refractivity contribution in [1.29, 1.82) is 0 Å². The summed E-state index contributed by atoms with van der Waals surface area (Å²) >= 11 is 0. The predicted molar refractivity (Wildman–Crippen MR) is 127 cm³/mol. The number of ether oxygens (including phenoxy) is 2. The molecule has 4 nitrogen and oxygen atoms in total. The fourth-order valence-corrected chi connectivity index (χ4v) is 3.42. The van der Waals surface area contributed by atoms with Gasteiger partial charge in [-0.1, -0.05) is 75.2 Å². The van der Waals surface area contributed by atoms with E-state index in [0.717, 1.165) is 56.4 Å².